The Morgan fingerprint density at radius 3 is 2.55 bits per heavy atom. The smallest absolute Gasteiger partial charge is 0.0615 e. The van der Waals surface area contributed by atoms with Gasteiger partial charge in [-0.1, -0.05) is 13.8 Å². The van der Waals surface area contributed by atoms with Crippen molar-refractivity contribution in [3.8, 4) is 0 Å². The zero-order valence-corrected chi connectivity index (χ0v) is 7.58. The minimum absolute atomic E-state index is 0.163. The third-order valence-corrected chi connectivity index (χ3v) is 2.71. The minimum Gasteiger partial charge on any atom is -0.393 e. The summed E-state index contributed by atoms with van der Waals surface area (Å²) in [5.74, 6) is 0.290. The van der Waals surface area contributed by atoms with Crippen molar-refractivity contribution < 1.29 is 9.84 Å². The first-order valence-corrected chi connectivity index (χ1v) is 4.48. The van der Waals surface area contributed by atoms with Crippen molar-refractivity contribution >= 4 is 0 Å². The van der Waals surface area contributed by atoms with E-state index in [1.165, 1.54) is 0 Å². The molecular weight excluding hydrogens is 140 g/mol. The first-order chi connectivity index (χ1) is 5.15. The molecule has 0 amide bonds. The van der Waals surface area contributed by atoms with Gasteiger partial charge in [-0.3, -0.25) is 0 Å². The van der Waals surface area contributed by atoms with Crippen molar-refractivity contribution in [3.63, 3.8) is 0 Å². The second kappa shape index (κ2) is 3.55. The maximum absolute atomic E-state index is 9.57. The van der Waals surface area contributed by atoms with Crippen molar-refractivity contribution in [2.75, 3.05) is 0 Å². The SMILES string of the molecule is CCC1CC(O)C(C)C(C)O1. The van der Waals surface area contributed by atoms with Crippen molar-refractivity contribution in [3.05, 3.63) is 0 Å². The summed E-state index contributed by atoms with van der Waals surface area (Å²) >= 11 is 0. The van der Waals surface area contributed by atoms with Gasteiger partial charge in [-0.25, -0.2) is 0 Å². The molecule has 11 heavy (non-hydrogen) atoms. The quantitative estimate of drug-likeness (QED) is 0.627. The summed E-state index contributed by atoms with van der Waals surface area (Å²) in [6.07, 6.45) is 2.14. The Balaban J connectivity index is 2.47. The topological polar surface area (TPSA) is 29.5 Å². The molecule has 0 aromatic rings. The summed E-state index contributed by atoms with van der Waals surface area (Å²) in [5.41, 5.74) is 0. The van der Waals surface area contributed by atoms with Crippen LogP contribution in [0.2, 0.25) is 0 Å². The summed E-state index contributed by atoms with van der Waals surface area (Å²) in [7, 11) is 0. The van der Waals surface area contributed by atoms with Gasteiger partial charge in [0.15, 0.2) is 0 Å². The lowest BCUT2D eigenvalue weighted by atomic mass is 9.90. The summed E-state index contributed by atoms with van der Waals surface area (Å²) in [6.45, 7) is 6.18. The van der Waals surface area contributed by atoms with Crippen LogP contribution in [0, 0.1) is 5.92 Å². The monoisotopic (exact) mass is 158 g/mol. The Morgan fingerprint density at radius 2 is 2.09 bits per heavy atom. The first-order valence-electron chi connectivity index (χ1n) is 4.48. The molecule has 1 aliphatic heterocycles. The van der Waals surface area contributed by atoms with Crippen LogP contribution in [-0.4, -0.2) is 23.4 Å². The van der Waals surface area contributed by atoms with Gasteiger partial charge in [0.05, 0.1) is 18.3 Å². The second-order valence-electron chi connectivity index (χ2n) is 3.53. The predicted molar refractivity (Wildman–Crippen MR) is 44.4 cm³/mol. The molecule has 1 fully saturated rings. The van der Waals surface area contributed by atoms with E-state index in [0.717, 1.165) is 12.8 Å². The maximum Gasteiger partial charge on any atom is 0.0615 e. The van der Waals surface area contributed by atoms with Gasteiger partial charge in [0.2, 0.25) is 0 Å². The molecule has 2 heteroatoms. The fourth-order valence-corrected chi connectivity index (χ4v) is 1.54. The average molecular weight is 158 g/mol. The molecule has 1 aliphatic rings. The Hall–Kier alpha value is -0.0800. The Labute approximate surface area is 68.6 Å². The molecule has 66 valence electrons. The zero-order valence-electron chi connectivity index (χ0n) is 7.58. The van der Waals surface area contributed by atoms with Crippen molar-refractivity contribution in [2.45, 2.75) is 51.9 Å². The highest BCUT2D eigenvalue weighted by Gasteiger charge is 2.30. The van der Waals surface area contributed by atoms with E-state index in [2.05, 4.69) is 6.92 Å². The number of aliphatic hydroxyl groups excluding tert-OH is 1. The van der Waals surface area contributed by atoms with Crippen LogP contribution >= 0.6 is 0 Å². The van der Waals surface area contributed by atoms with Crippen LogP contribution in [0.4, 0.5) is 0 Å². The fourth-order valence-electron chi connectivity index (χ4n) is 1.54. The average Bonchev–Trinajstić information content (AvgIpc) is 1.99. The predicted octanol–water partition coefficient (Wildman–Crippen LogP) is 1.57. The summed E-state index contributed by atoms with van der Waals surface area (Å²) in [5, 5.41) is 9.57. The molecule has 0 radical (unpaired) electrons. The van der Waals surface area contributed by atoms with Crippen LogP contribution in [0.1, 0.15) is 33.6 Å². The van der Waals surface area contributed by atoms with E-state index in [4.69, 9.17) is 4.74 Å². The molecule has 0 aromatic carbocycles. The summed E-state index contributed by atoms with van der Waals surface area (Å²) in [4.78, 5) is 0. The third-order valence-electron chi connectivity index (χ3n) is 2.71. The van der Waals surface area contributed by atoms with Crippen molar-refractivity contribution in [2.24, 2.45) is 5.92 Å². The van der Waals surface area contributed by atoms with Crippen LogP contribution in [-0.2, 0) is 4.74 Å². The lowest BCUT2D eigenvalue weighted by Crippen LogP contribution is -2.40. The van der Waals surface area contributed by atoms with Gasteiger partial charge in [-0.05, 0) is 19.8 Å². The normalized spacial score (nSPS) is 45.8. The van der Waals surface area contributed by atoms with Gasteiger partial charge in [-0.2, -0.15) is 0 Å². The van der Waals surface area contributed by atoms with E-state index in [1.54, 1.807) is 0 Å². The van der Waals surface area contributed by atoms with E-state index in [-0.39, 0.29) is 24.2 Å². The van der Waals surface area contributed by atoms with Crippen LogP contribution in [0.3, 0.4) is 0 Å². The highest BCUT2D eigenvalue weighted by molar-refractivity contribution is 4.79. The van der Waals surface area contributed by atoms with E-state index >= 15 is 0 Å². The van der Waals surface area contributed by atoms with Gasteiger partial charge in [0.1, 0.15) is 0 Å². The van der Waals surface area contributed by atoms with Gasteiger partial charge in [0.25, 0.3) is 0 Å². The van der Waals surface area contributed by atoms with E-state index in [0.29, 0.717) is 0 Å². The number of ether oxygens (including phenoxy) is 1. The third kappa shape index (κ3) is 1.94. The van der Waals surface area contributed by atoms with Crippen LogP contribution in [0.25, 0.3) is 0 Å². The fraction of sp³-hybridized carbons (Fsp3) is 1.00. The van der Waals surface area contributed by atoms with E-state index in [1.807, 2.05) is 13.8 Å². The molecule has 1 heterocycles. The number of hydrogen-bond acceptors (Lipinski definition) is 2. The standard InChI is InChI=1S/C9H18O2/c1-4-8-5-9(10)6(2)7(3)11-8/h6-10H,4-5H2,1-3H3. The molecule has 1 saturated heterocycles. The molecule has 0 saturated carbocycles. The molecule has 0 aromatic heterocycles. The van der Waals surface area contributed by atoms with Crippen molar-refractivity contribution in [1.82, 2.24) is 0 Å². The van der Waals surface area contributed by atoms with Gasteiger partial charge < -0.3 is 9.84 Å². The van der Waals surface area contributed by atoms with Crippen LogP contribution in [0.15, 0.2) is 0 Å². The number of hydrogen-bond donors (Lipinski definition) is 1. The molecule has 4 atom stereocenters. The molecule has 0 spiro atoms. The Kier molecular flexibility index (Phi) is 2.90. The van der Waals surface area contributed by atoms with E-state index in [9.17, 15) is 5.11 Å². The number of rotatable bonds is 1. The molecule has 0 bridgehead atoms. The Bertz CT molecular complexity index is 113. The molecule has 2 nitrogen and oxygen atoms in total. The summed E-state index contributed by atoms with van der Waals surface area (Å²) < 4.78 is 5.66. The van der Waals surface area contributed by atoms with Crippen molar-refractivity contribution in [1.29, 1.82) is 0 Å². The summed E-state index contributed by atoms with van der Waals surface area (Å²) in [6, 6.07) is 0. The highest BCUT2D eigenvalue weighted by atomic mass is 16.5. The van der Waals surface area contributed by atoms with Gasteiger partial charge in [0, 0.05) is 5.92 Å². The molecule has 1 rings (SSSR count). The lowest BCUT2D eigenvalue weighted by molar-refractivity contribution is -0.123. The first kappa shape index (κ1) is 9.01. The maximum atomic E-state index is 9.57. The minimum atomic E-state index is -0.163. The molecule has 4 unspecified atom stereocenters. The molecule has 1 N–H and O–H groups in total. The van der Waals surface area contributed by atoms with Gasteiger partial charge >= 0.3 is 0 Å². The molecule has 0 aliphatic carbocycles. The zero-order chi connectivity index (χ0) is 8.43. The Morgan fingerprint density at radius 1 is 1.45 bits per heavy atom. The number of aliphatic hydroxyl groups is 1. The van der Waals surface area contributed by atoms with Gasteiger partial charge in [-0.15, -0.1) is 0 Å². The highest BCUT2D eigenvalue weighted by Crippen LogP contribution is 2.26. The van der Waals surface area contributed by atoms with Crippen LogP contribution < -0.4 is 0 Å². The molecular formula is C9H18O2. The van der Waals surface area contributed by atoms with E-state index < -0.39 is 0 Å². The van der Waals surface area contributed by atoms with Crippen LogP contribution in [0.5, 0.6) is 0 Å². The second-order valence-corrected chi connectivity index (χ2v) is 3.53. The largest absolute Gasteiger partial charge is 0.393 e. The lowest BCUT2D eigenvalue weighted by Gasteiger charge is -2.36.